The van der Waals surface area contributed by atoms with Gasteiger partial charge in [0.2, 0.25) is 11.8 Å². The van der Waals surface area contributed by atoms with Gasteiger partial charge in [-0.15, -0.1) is 0 Å². The summed E-state index contributed by atoms with van der Waals surface area (Å²) in [5.41, 5.74) is 4.26. The highest BCUT2D eigenvalue weighted by molar-refractivity contribution is 5.87. The van der Waals surface area contributed by atoms with Gasteiger partial charge >= 0.3 is 6.09 Å². The van der Waals surface area contributed by atoms with Crippen LogP contribution in [0.15, 0.2) is 24.3 Å². The molecule has 0 radical (unpaired) electrons. The number of carbonyl (C=O) groups is 3. The van der Waals surface area contributed by atoms with Gasteiger partial charge in [-0.1, -0.05) is 32.9 Å². The largest absolute Gasteiger partial charge is 0.446 e. The fourth-order valence-electron chi connectivity index (χ4n) is 5.62. The Hall–Kier alpha value is -2.81. The molecule has 0 bridgehead atoms. The monoisotopic (exact) mass is 500 g/mol. The summed E-state index contributed by atoms with van der Waals surface area (Å²) in [6, 6.07) is 8.62. The molecule has 3 aliphatic rings. The van der Waals surface area contributed by atoms with E-state index >= 15 is 0 Å². The van der Waals surface area contributed by atoms with Crippen LogP contribution in [0.2, 0.25) is 0 Å². The first-order valence-corrected chi connectivity index (χ1v) is 13.2. The topological polar surface area (TPSA) is 102 Å². The van der Waals surface area contributed by atoms with Gasteiger partial charge in [0.25, 0.3) is 0 Å². The van der Waals surface area contributed by atoms with Crippen molar-refractivity contribution in [1.29, 1.82) is 0 Å². The van der Waals surface area contributed by atoms with Crippen LogP contribution in [0.3, 0.4) is 0 Å². The number of nitrogens with one attached hydrogen (secondary N) is 1. The third kappa shape index (κ3) is 5.94. The van der Waals surface area contributed by atoms with Crippen LogP contribution >= 0.6 is 0 Å². The van der Waals surface area contributed by atoms with E-state index in [-0.39, 0.29) is 23.8 Å². The minimum atomic E-state index is -0.726. The van der Waals surface area contributed by atoms with Crippen LogP contribution in [0.1, 0.15) is 58.4 Å². The molecule has 0 aromatic heterocycles. The minimum absolute atomic E-state index is 0.0596. The summed E-state index contributed by atoms with van der Waals surface area (Å²) in [6.45, 7) is 10.6. The molecule has 1 aromatic rings. The highest BCUT2D eigenvalue weighted by Gasteiger charge is 2.43. The first kappa shape index (κ1) is 26.3. The summed E-state index contributed by atoms with van der Waals surface area (Å²) in [6.07, 6.45) is 2.38. The number of anilines is 1. The van der Waals surface area contributed by atoms with Gasteiger partial charge in [-0.05, 0) is 55.2 Å². The minimum Gasteiger partial charge on any atom is -0.446 e. The molecule has 36 heavy (non-hydrogen) atoms. The summed E-state index contributed by atoms with van der Waals surface area (Å²) >= 11 is 0. The predicted octanol–water partition coefficient (Wildman–Crippen LogP) is 3.16. The van der Waals surface area contributed by atoms with Gasteiger partial charge < -0.3 is 19.4 Å². The maximum Gasteiger partial charge on any atom is 0.410 e. The second-order valence-electron chi connectivity index (χ2n) is 11.3. The molecule has 198 valence electrons. The number of benzene rings is 1. The summed E-state index contributed by atoms with van der Waals surface area (Å²) < 4.78 is 5.66. The number of hydrogen-bond donors (Lipinski definition) is 2. The van der Waals surface area contributed by atoms with Crippen molar-refractivity contribution in [1.82, 2.24) is 15.3 Å². The van der Waals surface area contributed by atoms with Gasteiger partial charge in [0, 0.05) is 45.0 Å². The number of piperazine rings is 1. The molecule has 1 aromatic carbocycles. The van der Waals surface area contributed by atoms with Crippen molar-refractivity contribution >= 4 is 23.6 Å². The van der Waals surface area contributed by atoms with Gasteiger partial charge in [-0.2, -0.15) is 0 Å². The number of hydrogen-bond acceptors (Lipinski definition) is 6. The van der Waals surface area contributed by atoms with Crippen LogP contribution in [-0.4, -0.2) is 78.3 Å². The van der Waals surface area contributed by atoms with Crippen LogP contribution in [-0.2, 0) is 19.7 Å². The number of ether oxygens (including phenoxy) is 1. The van der Waals surface area contributed by atoms with Gasteiger partial charge in [0.05, 0.1) is 11.8 Å². The summed E-state index contributed by atoms with van der Waals surface area (Å²) in [5.74, 6) is -1.91. The molecule has 0 spiro atoms. The molecule has 2 aliphatic heterocycles. The smallest absolute Gasteiger partial charge is 0.410 e. The lowest BCUT2D eigenvalue weighted by Crippen LogP contribution is -2.53. The lowest BCUT2D eigenvalue weighted by Gasteiger charge is -2.40. The van der Waals surface area contributed by atoms with E-state index < -0.39 is 23.8 Å². The van der Waals surface area contributed by atoms with E-state index in [2.05, 4.69) is 49.9 Å². The average molecular weight is 501 g/mol. The Kier molecular flexibility index (Phi) is 8.07. The quantitative estimate of drug-likeness (QED) is 0.486. The summed E-state index contributed by atoms with van der Waals surface area (Å²) in [4.78, 5) is 44.2. The number of carbonyl (C=O) groups excluding carboxylic acids is 3. The second-order valence-corrected chi connectivity index (χ2v) is 11.3. The Morgan fingerprint density at radius 2 is 1.53 bits per heavy atom. The zero-order chi connectivity index (χ0) is 25.9. The molecule has 9 heteroatoms. The van der Waals surface area contributed by atoms with E-state index in [0.717, 1.165) is 31.6 Å². The molecule has 3 amide bonds. The van der Waals surface area contributed by atoms with E-state index in [0.29, 0.717) is 39.0 Å². The van der Waals surface area contributed by atoms with Crippen molar-refractivity contribution < 1.29 is 24.3 Å². The molecule has 2 heterocycles. The van der Waals surface area contributed by atoms with E-state index in [9.17, 15) is 19.6 Å². The molecule has 3 fully saturated rings. The lowest BCUT2D eigenvalue weighted by molar-refractivity contribution is -0.149. The predicted molar refractivity (Wildman–Crippen MR) is 136 cm³/mol. The Morgan fingerprint density at radius 1 is 0.889 bits per heavy atom. The third-order valence-electron chi connectivity index (χ3n) is 7.89. The molecule has 3 atom stereocenters. The zero-order valence-electron chi connectivity index (χ0n) is 21.7. The van der Waals surface area contributed by atoms with Crippen molar-refractivity contribution in [3.05, 3.63) is 29.8 Å². The summed E-state index contributed by atoms with van der Waals surface area (Å²) in [5, 5.41) is 9.32. The normalized spacial score (nSPS) is 25.0. The molecule has 0 unspecified atom stereocenters. The van der Waals surface area contributed by atoms with Crippen LogP contribution in [0.5, 0.6) is 0 Å². The summed E-state index contributed by atoms with van der Waals surface area (Å²) in [7, 11) is 0. The molecule has 9 nitrogen and oxygen atoms in total. The first-order chi connectivity index (χ1) is 17.2. The molecule has 2 N–H and O–H groups in total. The maximum absolute atomic E-state index is 13.4. The zero-order valence-corrected chi connectivity index (χ0v) is 21.7. The van der Waals surface area contributed by atoms with Crippen molar-refractivity contribution in [3.63, 3.8) is 0 Å². The van der Waals surface area contributed by atoms with Crippen molar-refractivity contribution in [2.24, 2.45) is 11.8 Å². The molecular formula is C27H40N4O5. The standard InChI is InChI=1S/C27H40N4O5/c1-27(2,3)19-6-8-20(9-7-19)29-14-16-30(17-15-29)25(33)22-11-10-21(18-23(22)24(32)28-35)36-26(34)31-12-4-5-13-31/h6-9,21-23,35H,4-5,10-18H2,1-3H3,(H,28,32)/t21-,22-,23-/m0/s1. The highest BCUT2D eigenvalue weighted by atomic mass is 16.6. The first-order valence-electron chi connectivity index (χ1n) is 13.2. The van der Waals surface area contributed by atoms with Crippen molar-refractivity contribution in [3.8, 4) is 0 Å². The average Bonchev–Trinajstić information content (AvgIpc) is 3.43. The van der Waals surface area contributed by atoms with E-state index in [1.807, 2.05) is 4.90 Å². The number of rotatable bonds is 4. The van der Waals surface area contributed by atoms with Gasteiger partial charge in [-0.3, -0.25) is 14.8 Å². The van der Waals surface area contributed by atoms with Crippen LogP contribution in [0.25, 0.3) is 0 Å². The van der Waals surface area contributed by atoms with Crippen LogP contribution in [0.4, 0.5) is 10.5 Å². The molecule has 1 saturated carbocycles. The fraction of sp³-hybridized carbons (Fsp3) is 0.667. The Labute approximate surface area is 213 Å². The number of nitrogens with zero attached hydrogens (tertiary/aromatic N) is 3. The number of likely N-dealkylation sites (tertiary alicyclic amines) is 1. The Morgan fingerprint density at radius 3 is 2.11 bits per heavy atom. The molecule has 1 aliphatic carbocycles. The lowest BCUT2D eigenvalue weighted by atomic mass is 9.76. The van der Waals surface area contributed by atoms with Crippen molar-refractivity contribution in [2.45, 2.75) is 64.4 Å². The van der Waals surface area contributed by atoms with Gasteiger partial charge in [0.15, 0.2) is 0 Å². The van der Waals surface area contributed by atoms with Crippen molar-refractivity contribution in [2.75, 3.05) is 44.2 Å². The van der Waals surface area contributed by atoms with E-state index in [1.165, 1.54) is 5.56 Å². The maximum atomic E-state index is 13.4. The number of amides is 3. The van der Waals surface area contributed by atoms with E-state index in [4.69, 9.17) is 4.74 Å². The molecular weight excluding hydrogens is 460 g/mol. The fourth-order valence-corrected chi connectivity index (χ4v) is 5.62. The molecule has 2 saturated heterocycles. The van der Waals surface area contributed by atoms with E-state index in [1.54, 1.807) is 10.4 Å². The van der Waals surface area contributed by atoms with Crippen LogP contribution in [0, 0.1) is 11.8 Å². The second kappa shape index (κ2) is 11.1. The SMILES string of the molecule is CC(C)(C)c1ccc(N2CCN(C(=O)[C@H]3CC[C@H](OC(=O)N4CCCC4)C[C@@H]3C(=O)NO)CC2)cc1. The molecule has 4 rings (SSSR count). The van der Waals surface area contributed by atoms with Gasteiger partial charge in [0.1, 0.15) is 6.10 Å². The highest BCUT2D eigenvalue weighted by Crippen LogP contribution is 2.34. The number of hydroxylamine groups is 1. The Bertz CT molecular complexity index is 930. The van der Waals surface area contributed by atoms with Crippen LogP contribution < -0.4 is 10.4 Å². The van der Waals surface area contributed by atoms with Gasteiger partial charge in [-0.25, -0.2) is 10.3 Å². The Balaban J connectivity index is 1.34. The third-order valence-corrected chi connectivity index (χ3v) is 7.89.